The number of hydrogen-bond acceptors (Lipinski definition) is 13. The highest BCUT2D eigenvalue weighted by molar-refractivity contribution is 7.80. The molecule has 0 unspecified atom stereocenters. The van der Waals surface area contributed by atoms with E-state index < -0.39 is 56.8 Å². The Morgan fingerprint density at radius 1 is 1.40 bits per heavy atom. The molecule has 3 rings (SSSR count). The van der Waals surface area contributed by atoms with Gasteiger partial charge < -0.3 is 26.2 Å². The molecular formula is C17H20N6O10S2. The summed E-state index contributed by atoms with van der Waals surface area (Å²) in [5.74, 6) is -2.64. The van der Waals surface area contributed by atoms with E-state index in [0.717, 1.165) is 23.6 Å². The summed E-state index contributed by atoms with van der Waals surface area (Å²) in [7, 11) is -4.98. The van der Waals surface area contributed by atoms with Gasteiger partial charge in [-0.25, -0.2) is 4.98 Å². The molecule has 35 heavy (non-hydrogen) atoms. The number of nitrogen functional groups attached to an aromatic ring is 1. The number of aromatic nitrogens is 2. The van der Waals surface area contributed by atoms with E-state index in [0.29, 0.717) is 9.79 Å². The number of pyridine rings is 1. The summed E-state index contributed by atoms with van der Waals surface area (Å²) in [6.07, 6.45) is -0.353. The van der Waals surface area contributed by atoms with Crippen molar-refractivity contribution in [2.45, 2.75) is 38.5 Å². The summed E-state index contributed by atoms with van der Waals surface area (Å²) in [5.41, 5.74) is 2.87. The lowest BCUT2D eigenvalue weighted by molar-refractivity contribution is -0.218. The number of hydrogen-bond donors (Lipinski definition) is 5. The van der Waals surface area contributed by atoms with Crippen LogP contribution in [0.2, 0.25) is 0 Å². The molecule has 0 spiro atoms. The average molecular weight is 533 g/mol. The van der Waals surface area contributed by atoms with Gasteiger partial charge in [-0.05, 0) is 20.8 Å². The van der Waals surface area contributed by atoms with E-state index in [-0.39, 0.29) is 16.5 Å². The molecule has 1 fully saturated rings. The van der Waals surface area contributed by atoms with Crippen LogP contribution < -0.4 is 16.5 Å². The quantitative estimate of drug-likeness (QED) is 0.0919. The predicted molar refractivity (Wildman–Crippen MR) is 118 cm³/mol. The number of nitrogens with two attached hydrogens (primary N) is 1. The number of carbonyl (C=O) groups is 2. The van der Waals surface area contributed by atoms with Crippen LogP contribution in [0, 0.1) is 0 Å². The maximum Gasteiger partial charge on any atom is 0.418 e. The topological polar surface area (TPSA) is 236 Å². The fraction of sp³-hybridized carbons (Fsp3) is 0.353. The van der Waals surface area contributed by atoms with Gasteiger partial charge in [0, 0.05) is 11.4 Å². The summed E-state index contributed by atoms with van der Waals surface area (Å²) >= 11 is 0.980. The van der Waals surface area contributed by atoms with E-state index in [1.807, 2.05) is 0 Å². The Kier molecular flexibility index (Phi) is 6.75. The highest BCUT2D eigenvalue weighted by atomic mass is 32.3. The summed E-state index contributed by atoms with van der Waals surface area (Å²) in [5, 5.41) is 27.2. The molecule has 190 valence electrons. The summed E-state index contributed by atoms with van der Waals surface area (Å²) in [4.78, 5) is 46.2. The minimum Gasteiger partial charge on any atom is -0.503 e. The molecule has 1 aliphatic rings. The molecule has 16 nitrogen and oxygen atoms in total. The first-order chi connectivity index (χ1) is 16.1. The van der Waals surface area contributed by atoms with E-state index in [1.54, 1.807) is 0 Å². The molecule has 3 heterocycles. The van der Waals surface area contributed by atoms with Gasteiger partial charge in [-0.3, -0.25) is 18.9 Å². The van der Waals surface area contributed by atoms with E-state index in [2.05, 4.69) is 19.7 Å². The van der Waals surface area contributed by atoms with E-state index >= 15 is 0 Å². The third-order valence-corrected chi connectivity index (χ3v) is 5.87. The van der Waals surface area contributed by atoms with Gasteiger partial charge in [-0.2, -0.15) is 18.2 Å². The molecule has 6 N–H and O–H groups in total. The van der Waals surface area contributed by atoms with Crippen molar-refractivity contribution in [3.05, 3.63) is 39.3 Å². The number of thiazole rings is 1. The molecular weight excluding hydrogens is 512 g/mol. The lowest BCUT2D eigenvalue weighted by atomic mass is 9.84. The van der Waals surface area contributed by atoms with Crippen molar-refractivity contribution in [3.8, 4) is 5.75 Å². The minimum absolute atomic E-state index is 0.0279. The first-order valence-corrected chi connectivity index (χ1v) is 11.8. The Hall–Kier alpha value is -3.74. The lowest BCUT2D eigenvalue weighted by Gasteiger charge is -2.50. The Morgan fingerprint density at radius 2 is 2.06 bits per heavy atom. The number of amides is 2. The maximum atomic E-state index is 13.0. The molecule has 2 atom stereocenters. The number of carbonyl (C=O) groups excluding carboxylic acids is 2. The largest absolute Gasteiger partial charge is 0.503 e. The van der Waals surface area contributed by atoms with Crippen molar-refractivity contribution in [3.63, 3.8) is 0 Å². The number of hydroxylamine groups is 2. The SMILES string of the molecule is C[C@@H](O/N=C(\C(=O)N[C@@H]1C(=O)N(OS(=O)(=O)O)C1(C)C)c1csc(N)n1)c1cc(=O)c(O)cn1O. The van der Waals surface area contributed by atoms with Crippen LogP contribution in [-0.2, 0) is 29.1 Å². The van der Waals surface area contributed by atoms with E-state index in [9.17, 15) is 33.1 Å². The van der Waals surface area contributed by atoms with E-state index in [4.69, 9.17) is 15.1 Å². The van der Waals surface area contributed by atoms with Crippen molar-refractivity contribution in [1.82, 2.24) is 20.1 Å². The summed E-state index contributed by atoms with van der Waals surface area (Å²) in [6, 6.07) is -0.384. The van der Waals surface area contributed by atoms with Crippen LogP contribution in [0.1, 0.15) is 38.3 Å². The zero-order valence-electron chi connectivity index (χ0n) is 18.3. The molecule has 0 saturated carbocycles. The second kappa shape index (κ2) is 9.13. The van der Waals surface area contributed by atoms with E-state index in [1.165, 1.54) is 26.2 Å². The highest BCUT2D eigenvalue weighted by Gasteiger charge is 2.58. The smallest absolute Gasteiger partial charge is 0.418 e. The molecule has 1 saturated heterocycles. The van der Waals surface area contributed by atoms with Gasteiger partial charge in [0.1, 0.15) is 17.4 Å². The Labute approximate surface area is 201 Å². The normalized spacial score (nSPS) is 18.6. The molecule has 0 radical (unpaired) electrons. The van der Waals surface area contributed by atoms with Gasteiger partial charge in [0.05, 0.1) is 11.7 Å². The second-order valence-corrected chi connectivity index (χ2v) is 9.64. The van der Waals surface area contributed by atoms with Crippen molar-refractivity contribution in [2.75, 3.05) is 5.73 Å². The first kappa shape index (κ1) is 25.9. The van der Waals surface area contributed by atoms with Crippen LogP contribution in [0.25, 0.3) is 0 Å². The minimum atomic E-state index is -4.98. The number of oxime groups is 1. The summed E-state index contributed by atoms with van der Waals surface area (Å²) < 4.78 is 35.4. The van der Waals surface area contributed by atoms with Gasteiger partial charge in [0.2, 0.25) is 5.43 Å². The molecule has 2 amide bonds. The number of nitrogens with one attached hydrogen (secondary N) is 1. The highest BCUT2D eigenvalue weighted by Crippen LogP contribution is 2.33. The zero-order chi connectivity index (χ0) is 26.3. The molecule has 18 heteroatoms. The predicted octanol–water partition coefficient (Wildman–Crippen LogP) is -0.848. The number of anilines is 1. The van der Waals surface area contributed by atoms with Crippen LogP contribution in [-0.4, -0.2) is 67.2 Å². The summed E-state index contributed by atoms with van der Waals surface area (Å²) in [6.45, 7) is 4.12. The maximum absolute atomic E-state index is 13.0. The number of nitrogens with zero attached hydrogens (tertiary/aromatic N) is 4. The van der Waals surface area contributed by atoms with Gasteiger partial charge in [0.15, 0.2) is 22.7 Å². The standard InChI is InChI=1S/C17H20N6O10S2/c1-7(9-4-10(24)11(25)5-22(9)28)32-21-12(8-6-34-16(18)19-8)14(26)20-13-15(27)23(17(13,2)3)33-35(29,30)31/h4-7,13,25,28H,1-3H3,(H2,18,19)(H,20,26)(H,29,30,31)/b21-12-/t7-,13-/m1/s1. The van der Waals surface area contributed by atoms with Crippen LogP contribution >= 0.6 is 11.3 Å². The third kappa shape index (κ3) is 5.34. The van der Waals surface area contributed by atoms with Crippen molar-refractivity contribution in [1.29, 1.82) is 0 Å². The third-order valence-electron chi connectivity index (χ3n) is 4.86. The van der Waals surface area contributed by atoms with Gasteiger partial charge in [0.25, 0.3) is 11.8 Å². The van der Waals surface area contributed by atoms with Crippen LogP contribution in [0.3, 0.4) is 0 Å². The monoisotopic (exact) mass is 532 g/mol. The average Bonchev–Trinajstić information content (AvgIpc) is 3.17. The molecule has 1 aliphatic heterocycles. The lowest BCUT2D eigenvalue weighted by Crippen LogP contribution is -2.76. The first-order valence-electron chi connectivity index (χ1n) is 9.53. The van der Waals surface area contributed by atoms with Crippen molar-refractivity contribution >= 4 is 44.4 Å². The number of aromatic hydroxyl groups is 1. The van der Waals surface area contributed by atoms with Crippen molar-refractivity contribution in [2.24, 2.45) is 5.16 Å². The zero-order valence-corrected chi connectivity index (χ0v) is 19.9. The van der Waals surface area contributed by atoms with Gasteiger partial charge in [-0.15, -0.1) is 15.6 Å². The Morgan fingerprint density at radius 3 is 2.60 bits per heavy atom. The fourth-order valence-electron chi connectivity index (χ4n) is 3.04. The Balaban J connectivity index is 1.85. The van der Waals surface area contributed by atoms with Crippen LogP contribution in [0.5, 0.6) is 5.75 Å². The second-order valence-electron chi connectivity index (χ2n) is 7.75. The fourth-order valence-corrected chi connectivity index (χ4v) is 4.04. The van der Waals surface area contributed by atoms with Crippen molar-refractivity contribution < 1.29 is 42.0 Å². The number of rotatable bonds is 8. The molecule has 0 aromatic carbocycles. The van der Waals surface area contributed by atoms with Crippen LogP contribution in [0.4, 0.5) is 5.13 Å². The molecule has 0 aliphatic carbocycles. The molecule has 2 aromatic rings. The van der Waals surface area contributed by atoms with Gasteiger partial charge >= 0.3 is 10.4 Å². The van der Waals surface area contributed by atoms with Crippen LogP contribution in [0.15, 0.2) is 27.6 Å². The Bertz CT molecular complexity index is 1370. The number of β-lactam (4-membered cyclic amide) rings is 1. The molecule has 0 bridgehead atoms. The molecule has 2 aromatic heterocycles. The van der Waals surface area contributed by atoms with Gasteiger partial charge in [-0.1, -0.05) is 5.16 Å².